The van der Waals surface area contributed by atoms with E-state index in [0.717, 1.165) is 22.7 Å². The molecule has 6 nitrogen and oxygen atoms in total. The van der Waals surface area contributed by atoms with E-state index in [1.165, 1.54) is 6.92 Å². The van der Waals surface area contributed by atoms with Gasteiger partial charge in [0.05, 0.1) is 6.04 Å². The number of hydrogen-bond donors (Lipinski definition) is 3. The fourth-order valence-corrected chi connectivity index (χ4v) is 3.43. The van der Waals surface area contributed by atoms with Crippen molar-refractivity contribution in [3.63, 3.8) is 0 Å². The summed E-state index contributed by atoms with van der Waals surface area (Å²) in [6, 6.07) is 6.76. The van der Waals surface area contributed by atoms with Crippen LogP contribution in [0.1, 0.15) is 35.7 Å². The van der Waals surface area contributed by atoms with Crippen LogP contribution in [0.5, 0.6) is 0 Å². The molecule has 1 fully saturated rings. The maximum Gasteiger partial charge on any atom is 0.319 e. The Bertz CT molecular complexity index is 755. The molecule has 0 radical (unpaired) electrons. The standard InChI is InChI=1S/C17H20N4O2S/c1-10-9-18-16(24-10)15(12-6-7-12)21-17(23)20-14-5-3-4-13(8-14)19-11(2)22/h3-5,8-9,12,15H,6-7H2,1-2H3,(H,19,22)(H2,20,21,23)/t15-/m0/s1. The summed E-state index contributed by atoms with van der Waals surface area (Å²) < 4.78 is 0. The average Bonchev–Trinajstić information content (AvgIpc) is 3.26. The number of anilines is 2. The third-order valence-electron chi connectivity index (χ3n) is 3.73. The summed E-state index contributed by atoms with van der Waals surface area (Å²) in [6.07, 6.45) is 4.06. The van der Waals surface area contributed by atoms with Gasteiger partial charge in [-0.25, -0.2) is 9.78 Å². The summed E-state index contributed by atoms with van der Waals surface area (Å²) in [4.78, 5) is 29.0. The first-order valence-corrected chi connectivity index (χ1v) is 8.70. The average molecular weight is 344 g/mol. The molecular weight excluding hydrogens is 324 g/mol. The molecule has 1 aromatic carbocycles. The van der Waals surface area contributed by atoms with Gasteiger partial charge in [0.2, 0.25) is 5.91 Å². The van der Waals surface area contributed by atoms with Crippen LogP contribution in [0.2, 0.25) is 0 Å². The number of benzene rings is 1. The molecule has 0 unspecified atom stereocenters. The van der Waals surface area contributed by atoms with Crippen molar-refractivity contribution in [1.82, 2.24) is 10.3 Å². The van der Waals surface area contributed by atoms with Gasteiger partial charge in [-0.3, -0.25) is 4.79 Å². The Morgan fingerprint density at radius 1 is 1.25 bits per heavy atom. The lowest BCUT2D eigenvalue weighted by molar-refractivity contribution is -0.114. The first-order valence-electron chi connectivity index (χ1n) is 7.89. The van der Waals surface area contributed by atoms with Gasteiger partial charge in [-0.05, 0) is 43.9 Å². The van der Waals surface area contributed by atoms with Crippen LogP contribution in [0.4, 0.5) is 16.2 Å². The van der Waals surface area contributed by atoms with Crippen LogP contribution in [0.15, 0.2) is 30.5 Å². The van der Waals surface area contributed by atoms with Gasteiger partial charge in [0.25, 0.3) is 0 Å². The highest BCUT2D eigenvalue weighted by Crippen LogP contribution is 2.42. The number of nitrogens with zero attached hydrogens (tertiary/aromatic N) is 1. The van der Waals surface area contributed by atoms with Crippen molar-refractivity contribution in [3.05, 3.63) is 40.3 Å². The van der Waals surface area contributed by atoms with Crippen LogP contribution in [0.25, 0.3) is 0 Å². The number of amides is 3. The highest BCUT2D eigenvalue weighted by atomic mass is 32.1. The molecule has 1 heterocycles. The lowest BCUT2D eigenvalue weighted by atomic mass is 10.2. The molecule has 3 amide bonds. The van der Waals surface area contributed by atoms with Gasteiger partial charge in [0, 0.05) is 29.4 Å². The molecule has 1 atom stereocenters. The van der Waals surface area contributed by atoms with Gasteiger partial charge >= 0.3 is 6.03 Å². The number of carbonyl (C=O) groups is 2. The van der Waals surface area contributed by atoms with E-state index in [2.05, 4.69) is 20.9 Å². The number of aryl methyl sites for hydroxylation is 1. The second kappa shape index (κ2) is 7.00. The number of urea groups is 1. The van der Waals surface area contributed by atoms with Crippen molar-refractivity contribution in [2.45, 2.75) is 32.7 Å². The molecule has 0 bridgehead atoms. The lowest BCUT2D eigenvalue weighted by Crippen LogP contribution is -2.33. The van der Waals surface area contributed by atoms with Crippen molar-refractivity contribution in [2.24, 2.45) is 5.92 Å². The normalized spacial score (nSPS) is 14.8. The van der Waals surface area contributed by atoms with E-state index < -0.39 is 0 Å². The van der Waals surface area contributed by atoms with Crippen LogP contribution >= 0.6 is 11.3 Å². The van der Waals surface area contributed by atoms with Gasteiger partial charge < -0.3 is 16.0 Å². The van der Waals surface area contributed by atoms with E-state index in [1.54, 1.807) is 35.6 Å². The molecule has 3 N–H and O–H groups in total. The molecule has 1 saturated carbocycles. The number of hydrogen-bond acceptors (Lipinski definition) is 4. The maximum absolute atomic E-state index is 12.3. The zero-order valence-corrected chi connectivity index (χ0v) is 14.4. The second-order valence-corrected chi connectivity index (χ2v) is 7.25. The Hall–Kier alpha value is -2.41. The monoisotopic (exact) mass is 344 g/mol. The number of rotatable bonds is 5. The molecule has 0 spiro atoms. The van der Waals surface area contributed by atoms with Crippen LogP contribution in [-0.2, 0) is 4.79 Å². The predicted octanol–water partition coefficient (Wildman–Crippen LogP) is 3.68. The first kappa shape index (κ1) is 16.4. The van der Waals surface area contributed by atoms with Gasteiger partial charge in [-0.1, -0.05) is 6.07 Å². The Balaban J connectivity index is 1.65. The van der Waals surface area contributed by atoms with Crippen LogP contribution < -0.4 is 16.0 Å². The van der Waals surface area contributed by atoms with E-state index in [4.69, 9.17) is 0 Å². The van der Waals surface area contributed by atoms with Crippen molar-refractivity contribution < 1.29 is 9.59 Å². The molecule has 0 aliphatic heterocycles. The van der Waals surface area contributed by atoms with Crippen LogP contribution in [0, 0.1) is 12.8 Å². The zero-order chi connectivity index (χ0) is 17.1. The summed E-state index contributed by atoms with van der Waals surface area (Å²) in [5.74, 6) is 0.316. The Morgan fingerprint density at radius 2 is 1.96 bits per heavy atom. The van der Waals surface area contributed by atoms with E-state index in [1.807, 2.05) is 13.1 Å². The number of aromatic nitrogens is 1. The third kappa shape index (κ3) is 4.32. The van der Waals surface area contributed by atoms with Crippen LogP contribution in [-0.4, -0.2) is 16.9 Å². The van der Waals surface area contributed by atoms with Crippen molar-refractivity contribution in [3.8, 4) is 0 Å². The van der Waals surface area contributed by atoms with E-state index in [9.17, 15) is 9.59 Å². The smallest absolute Gasteiger partial charge is 0.319 e. The summed E-state index contributed by atoms with van der Waals surface area (Å²) >= 11 is 1.62. The predicted molar refractivity (Wildman–Crippen MR) is 95.2 cm³/mol. The molecule has 7 heteroatoms. The van der Waals surface area contributed by atoms with Crippen molar-refractivity contribution >= 4 is 34.6 Å². The third-order valence-corrected chi connectivity index (χ3v) is 4.72. The zero-order valence-electron chi connectivity index (χ0n) is 13.6. The fourth-order valence-electron chi connectivity index (χ4n) is 2.51. The van der Waals surface area contributed by atoms with Gasteiger partial charge in [-0.15, -0.1) is 11.3 Å². The molecule has 1 aliphatic rings. The SMILES string of the molecule is CC(=O)Nc1cccc(NC(=O)N[C@H](c2ncc(C)s2)C2CC2)c1. The minimum absolute atomic E-state index is 0.0396. The summed E-state index contributed by atoms with van der Waals surface area (Å²) in [5, 5.41) is 9.50. The summed E-state index contributed by atoms with van der Waals surface area (Å²) in [6.45, 7) is 3.46. The highest BCUT2D eigenvalue weighted by Gasteiger charge is 2.35. The first-order chi connectivity index (χ1) is 11.5. The topological polar surface area (TPSA) is 83.1 Å². The van der Waals surface area contributed by atoms with Crippen molar-refractivity contribution in [2.75, 3.05) is 10.6 Å². The second-order valence-electron chi connectivity index (χ2n) is 5.98. The molecule has 0 saturated heterocycles. The van der Waals surface area contributed by atoms with Gasteiger partial charge in [0.15, 0.2) is 0 Å². The quantitative estimate of drug-likeness (QED) is 0.773. The van der Waals surface area contributed by atoms with E-state index in [0.29, 0.717) is 17.3 Å². The minimum atomic E-state index is -0.264. The highest BCUT2D eigenvalue weighted by molar-refractivity contribution is 7.11. The fraction of sp³-hybridized carbons (Fsp3) is 0.353. The summed E-state index contributed by atoms with van der Waals surface area (Å²) in [5.41, 5.74) is 1.28. The molecule has 24 heavy (non-hydrogen) atoms. The van der Waals surface area contributed by atoms with E-state index in [-0.39, 0.29) is 18.0 Å². The molecule has 126 valence electrons. The molecular formula is C17H20N4O2S. The minimum Gasteiger partial charge on any atom is -0.328 e. The Kier molecular flexibility index (Phi) is 4.80. The molecule has 1 aromatic heterocycles. The Morgan fingerprint density at radius 3 is 2.54 bits per heavy atom. The lowest BCUT2D eigenvalue weighted by Gasteiger charge is -2.16. The van der Waals surface area contributed by atoms with Crippen LogP contribution in [0.3, 0.4) is 0 Å². The molecule has 3 rings (SSSR count). The molecule has 1 aliphatic carbocycles. The van der Waals surface area contributed by atoms with E-state index >= 15 is 0 Å². The van der Waals surface area contributed by atoms with Gasteiger partial charge in [0.1, 0.15) is 5.01 Å². The molecule has 2 aromatic rings. The van der Waals surface area contributed by atoms with Crippen molar-refractivity contribution in [1.29, 1.82) is 0 Å². The largest absolute Gasteiger partial charge is 0.328 e. The van der Waals surface area contributed by atoms with Gasteiger partial charge in [-0.2, -0.15) is 0 Å². The maximum atomic E-state index is 12.3. The summed E-state index contributed by atoms with van der Waals surface area (Å²) in [7, 11) is 0. The number of carbonyl (C=O) groups excluding carboxylic acids is 2. The number of nitrogens with one attached hydrogen (secondary N) is 3. The Labute approximate surface area is 144 Å². The number of thiazole rings is 1.